The largest absolute Gasteiger partial charge is 0.411 e. The molecule has 3 aromatic rings. The van der Waals surface area contributed by atoms with Gasteiger partial charge in [0, 0.05) is 25.1 Å². The van der Waals surface area contributed by atoms with E-state index < -0.39 is 32.9 Å². The number of carbonyl (C=O) groups is 2. The van der Waals surface area contributed by atoms with Crippen LogP contribution in [0.5, 0.6) is 0 Å². The molecule has 0 unspecified atom stereocenters. The average Bonchev–Trinajstić information content (AvgIpc) is 3.44. The topological polar surface area (TPSA) is 123 Å². The molecule has 5 rings (SSSR count). The van der Waals surface area contributed by atoms with Crippen LogP contribution in [0, 0.1) is 5.82 Å². The first-order valence-corrected chi connectivity index (χ1v) is 13.0. The molecule has 10 nitrogen and oxygen atoms in total. The van der Waals surface area contributed by atoms with Crippen molar-refractivity contribution in [2.75, 3.05) is 31.2 Å². The zero-order chi connectivity index (χ0) is 24.6. The maximum atomic E-state index is 13.2. The molecular formula is C22H19FN4O6S2. The van der Waals surface area contributed by atoms with Gasteiger partial charge in [0.05, 0.1) is 23.8 Å². The molecule has 2 amide bonds. The Morgan fingerprint density at radius 2 is 1.77 bits per heavy atom. The number of sulfonamides is 1. The first-order valence-electron chi connectivity index (χ1n) is 10.6. The van der Waals surface area contributed by atoms with Crippen molar-refractivity contribution in [3.05, 3.63) is 54.3 Å². The number of anilines is 1. The number of ether oxygens (including phenoxy) is 1. The number of benzene rings is 2. The summed E-state index contributed by atoms with van der Waals surface area (Å²) in [5.41, 5.74) is 0.689. The molecule has 3 heterocycles. The molecule has 0 radical (unpaired) electrons. The number of thioether (sulfide) groups is 1. The lowest BCUT2D eigenvalue weighted by atomic mass is 10.2. The van der Waals surface area contributed by atoms with Crippen LogP contribution in [0.15, 0.2) is 63.1 Å². The van der Waals surface area contributed by atoms with Crippen molar-refractivity contribution >= 4 is 39.3 Å². The standard InChI is InChI=1S/C22H19FN4O6S2/c23-15-4-6-16(7-5-15)27-19(28)13-18(21(27)29)34-22-25-24-20(33-22)14-2-1-3-17(12-14)35(30,31)26-8-10-32-11-9-26/h1-7,12,18H,8-11,13H2/t18-/m0/s1. The summed E-state index contributed by atoms with van der Waals surface area (Å²) in [4.78, 5) is 26.3. The van der Waals surface area contributed by atoms with E-state index in [1.807, 2.05) is 0 Å². The fraction of sp³-hybridized carbons (Fsp3) is 0.273. The number of imide groups is 1. The van der Waals surface area contributed by atoms with Gasteiger partial charge in [-0.25, -0.2) is 17.7 Å². The number of rotatable bonds is 6. The van der Waals surface area contributed by atoms with Gasteiger partial charge >= 0.3 is 0 Å². The van der Waals surface area contributed by atoms with E-state index in [1.165, 1.54) is 40.7 Å². The van der Waals surface area contributed by atoms with Crippen molar-refractivity contribution < 1.29 is 31.6 Å². The maximum absolute atomic E-state index is 13.2. The third kappa shape index (κ3) is 4.72. The van der Waals surface area contributed by atoms with Crippen LogP contribution >= 0.6 is 11.8 Å². The highest BCUT2D eigenvalue weighted by Crippen LogP contribution is 2.35. The smallest absolute Gasteiger partial charge is 0.277 e. The number of amides is 2. The normalized spacial score (nSPS) is 19.5. The molecule has 2 aromatic carbocycles. The van der Waals surface area contributed by atoms with E-state index in [0.717, 1.165) is 16.7 Å². The number of halogens is 1. The number of hydrogen-bond acceptors (Lipinski definition) is 9. The zero-order valence-electron chi connectivity index (χ0n) is 18.2. The number of hydrogen-bond donors (Lipinski definition) is 0. The molecule has 13 heteroatoms. The molecule has 2 aliphatic rings. The monoisotopic (exact) mass is 518 g/mol. The quantitative estimate of drug-likeness (QED) is 0.452. The minimum Gasteiger partial charge on any atom is -0.411 e. The minimum atomic E-state index is -3.71. The van der Waals surface area contributed by atoms with Crippen molar-refractivity contribution in [2.24, 2.45) is 0 Å². The van der Waals surface area contributed by atoms with Gasteiger partial charge in [0.25, 0.3) is 5.22 Å². The fourth-order valence-corrected chi connectivity index (χ4v) is 6.12. The Bertz CT molecular complexity index is 1370. The molecule has 182 valence electrons. The van der Waals surface area contributed by atoms with Crippen molar-refractivity contribution in [1.82, 2.24) is 14.5 Å². The summed E-state index contributed by atoms with van der Waals surface area (Å²) in [5, 5.41) is 7.20. The fourth-order valence-electron chi connectivity index (χ4n) is 3.78. The third-order valence-corrected chi connectivity index (χ3v) is 8.44. The second kappa shape index (κ2) is 9.49. The highest BCUT2D eigenvalue weighted by atomic mass is 32.2. The van der Waals surface area contributed by atoms with Gasteiger partial charge in [-0.2, -0.15) is 4.31 Å². The molecular weight excluding hydrogens is 499 g/mol. The van der Waals surface area contributed by atoms with E-state index in [1.54, 1.807) is 12.1 Å². The molecule has 0 N–H and O–H groups in total. The van der Waals surface area contributed by atoms with Crippen molar-refractivity contribution in [2.45, 2.75) is 21.8 Å². The first-order chi connectivity index (χ1) is 16.8. The summed E-state index contributed by atoms with van der Waals surface area (Å²) in [6.07, 6.45) is -0.0775. The molecule has 1 atom stereocenters. The van der Waals surface area contributed by atoms with E-state index >= 15 is 0 Å². The van der Waals surface area contributed by atoms with Crippen molar-refractivity contribution in [3.8, 4) is 11.5 Å². The van der Waals surface area contributed by atoms with E-state index in [2.05, 4.69) is 10.2 Å². The van der Waals surface area contributed by atoms with Gasteiger partial charge < -0.3 is 9.15 Å². The second-order valence-electron chi connectivity index (χ2n) is 7.77. The Morgan fingerprint density at radius 3 is 2.51 bits per heavy atom. The molecule has 0 bridgehead atoms. The van der Waals surface area contributed by atoms with Crippen molar-refractivity contribution in [1.29, 1.82) is 0 Å². The predicted molar refractivity (Wildman–Crippen MR) is 122 cm³/mol. The summed E-state index contributed by atoms with van der Waals surface area (Å²) >= 11 is 0.946. The van der Waals surface area contributed by atoms with Gasteiger partial charge in [0.1, 0.15) is 11.1 Å². The highest BCUT2D eigenvalue weighted by molar-refractivity contribution is 8.00. The average molecular weight is 519 g/mol. The maximum Gasteiger partial charge on any atom is 0.277 e. The van der Waals surface area contributed by atoms with E-state index in [-0.39, 0.29) is 41.2 Å². The first kappa shape index (κ1) is 23.6. The van der Waals surface area contributed by atoms with Crippen molar-refractivity contribution in [3.63, 3.8) is 0 Å². The molecule has 2 aliphatic heterocycles. The molecule has 0 spiro atoms. The van der Waals surface area contributed by atoms with Crippen LogP contribution in [-0.4, -0.2) is 66.3 Å². The summed E-state index contributed by atoms with van der Waals surface area (Å²) < 4.78 is 51.3. The Balaban J connectivity index is 1.32. The predicted octanol–water partition coefficient (Wildman–Crippen LogP) is 2.32. The Labute approximate surface area is 204 Å². The minimum absolute atomic E-state index is 0.0635. The van der Waals surface area contributed by atoms with Crippen LogP contribution in [0.25, 0.3) is 11.5 Å². The van der Waals surface area contributed by atoms with Crippen LogP contribution in [0.3, 0.4) is 0 Å². The Kier molecular flexibility index (Phi) is 6.40. The summed E-state index contributed by atoms with van der Waals surface area (Å²) in [6.45, 7) is 1.22. The van der Waals surface area contributed by atoms with Crippen LogP contribution < -0.4 is 4.90 Å². The summed E-state index contributed by atoms with van der Waals surface area (Å²) in [5.74, 6) is -1.28. The third-order valence-electron chi connectivity index (χ3n) is 5.53. The van der Waals surface area contributed by atoms with E-state index in [9.17, 15) is 22.4 Å². The molecule has 0 saturated carbocycles. The lowest BCUT2D eigenvalue weighted by Gasteiger charge is -2.26. The van der Waals surface area contributed by atoms with Crippen LogP contribution in [0.4, 0.5) is 10.1 Å². The lowest BCUT2D eigenvalue weighted by molar-refractivity contribution is -0.121. The lowest BCUT2D eigenvalue weighted by Crippen LogP contribution is -2.40. The number of carbonyl (C=O) groups excluding carboxylic acids is 2. The number of nitrogens with zero attached hydrogens (tertiary/aromatic N) is 4. The van der Waals surface area contributed by atoms with Gasteiger partial charge in [0.2, 0.25) is 27.7 Å². The van der Waals surface area contributed by atoms with Gasteiger partial charge in [-0.1, -0.05) is 17.8 Å². The molecule has 2 saturated heterocycles. The SMILES string of the molecule is O=C1C[C@H](Sc2nnc(-c3cccc(S(=O)(=O)N4CCOCC4)c3)o2)C(=O)N1c1ccc(F)cc1. The number of morpholine rings is 1. The van der Waals surface area contributed by atoms with E-state index in [4.69, 9.17) is 9.15 Å². The Morgan fingerprint density at radius 1 is 1.03 bits per heavy atom. The molecule has 35 heavy (non-hydrogen) atoms. The van der Waals surface area contributed by atoms with Gasteiger partial charge in [-0.3, -0.25) is 9.59 Å². The van der Waals surface area contributed by atoms with Crippen LogP contribution in [-0.2, 0) is 24.3 Å². The molecule has 2 fully saturated rings. The summed E-state index contributed by atoms with van der Waals surface area (Å²) in [6, 6.07) is 11.2. The van der Waals surface area contributed by atoms with Gasteiger partial charge in [-0.05, 0) is 42.5 Å². The molecule has 1 aromatic heterocycles. The van der Waals surface area contributed by atoms with E-state index in [0.29, 0.717) is 18.8 Å². The summed E-state index contributed by atoms with van der Waals surface area (Å²) in [7, 11) is -3.71. The van der Waals surface area contributed by atoms with Crippen LogP contribution in [0.2, 0.25) is 0 Å². The zero-order valence-corrected chi connectivity index (χ0v) is 19.8. The van der Waals surface area contributed by atoms with Crippen LogP contribution in [0.1, 0.15) is 6.42 Å². The number of aromatic nitrogens is 2. The Hall–Kier alpha value is -3.13. The second-order valence-corrected chi connectivity index (χ2v) is 10.9. The van der Waals surface area contributed by atoms with Gasteiger partial charge in [-0.15, -0.1) is 10.2 Å². The molecule has 0 aliphatic carbocycles. The highest BCUT2D eigenvalue weighted by Gasteiger charge is 2.41. The van der Waals surface area contributed by atoms with Gasteiger partial charge in [0.15, 0.2) is 0 Å².